The maximum atomic E-state index is 10.6. The van der Waals surface area contributed by atoms with Crippen molar-refractivity contribution in [3.63, 3.8) is 0 Å². The fraction of sp³-hybridized carbons (Fsp3) is 0.533. The molecule has 2 heterocycles. The molecule has 3 rings (SSSR count). The molecule has 1 saturated carbocycles. The zero-order valence-corrected chi connectivity index (χ0v) is 11.2. The second-order valence-corrected chi connectivity index (χ2v) is 5.56. The third-order valence-electron chi connectivity index (χ3n) is 4.06. The lowest BCUT2D eigenvalue weighted by atomic mass is 9.94. The van der Waals surface area contributed by atoms with Crippen molar-refractivity contribution in [2.45, 2.75) is 44.1 Å². The molecular formula is C15H21N3O. The smallest absolute Gasteiger partial charge is 0.138 e. The Labute approximate surface area is 113 Å². The van der Waals surface area contributed by atoms with Crippen molar-refractivity contribution in [2.75, 3.05) is 11.9 Å². The van der Waals surface area contributed by atoms with E-state index < -0.39 is 5.60 Å². The zero-order valence-electron chi connectivity index (χ0n) is 11.2. The van der Waals surface area contributed by atoms with Gasteiger partial charge in [-0.1, -0.05) is 31.7 Å². The number of aromatic nitrogens is 2. The summed E-state index contributed by atoms with van der Waals surface area (Å²) in [7, 11) is 0. The van der Waals surface area contributed by atoms with E-state index in [-0.39, 0.29) is 0 Å². The second kappa shape index (κ2) is 5.21. The predicted octanol–water partition coefficient (Wildman–Crippen LogP) is 2.83. The number of anilines is 1. The van der Waals surface area contributed by atoms with Crippen LogP contribution in [0.4, 0.5) is 5.82 Å². The summed E-state index contributed by atoms with van der Waals surface area (Å²) in [6.45, 7) is 0.615. The van der Waals surface area contributed by atoms with Crippen molar-refractivity contribution in [2.24, 2.45) is 0 Å². The van der Waals surface area contributed by atoms with Gasteiger partial charge in [-0.15, -0.1) is 0 Å². The van der Waals surface area contributed by atoms with Crippen molar-refractivity contribution in [3.05, 3.63) is 30.6 Å². The monoisotopic (exact) mass is 259 g/mol. The summed E-state index contributed by atoms with van der Waals surface area (Å²) in [6.07, 6.45) is 10.3. The fourth-order valence-corrected chi connectivity index (χ4v) is 2.91. The van der Waals surface area contributed by atoms with Gasteiger partial charge in [0.1, 0.15) is 11.5 Å². The molecule has 0 aliphatic heterocycles. The van der Waals surface area contributed by atoms with Gasteiger partial charge in [0.15, 0.2) is 0 Å². The summed E-state index contributed by atoms with van der Waals surface area (Å²) in [4.78, 5) is 4.27. The summed E-state index contributed by atoms with van der Waals surface area (Å²) >= 11 is 0. The molecule has 4 heteroatoms. The summed E-state index contributed by atoms with van der Waals surface area (Å²) in [5.74, 6) is 0.993. The SMILES string of the molecule is OC1(CNc2cccc3nccn23)CCCCCC1. The van der Waals surface area contributed by atoms with Crippen LogP contribution in [0, 0.1) is 0 Å². The topological polar surface area (TPSA) is 49.6 Å². The van der Waals surface area contributed by atoms with Gasteiger partial charge < -0.3 is 10.4 Å². The molecular weight excluding hydrogens is 238 g/mol. The maximum Gasteiger partial charge on any atom is 0.138 e. The number of hydrogen-bond acceptors (Lipinski definition) is 3. The van der Waals surface area contributed by atoms with Gasteiger partial charge in [0.05, 0.1) is 5.60 Å². The lowest BCUT2D eigenvalue weighted by Gasteiger charge is -2.27. The van der Waals surface area contributed by atoms with Gasteiger partial charge in [-0.25, -0.2) is 4.98 Å². The average Bonchev–Trinajstić information content (AvgIpc) is 2.80. The van der Waals surface area contributed by atoms with Gasteiger partial charge in [0.25, 0.3) is 0 Å². The molecule has 0 amide bonds. The molecule has 0 aromatic carbocycles. The van der Waals surface area contributed by atoms with Crippen LogP contribution in [0.3, 0.4) is 0 Å². The summed E-state index contributed by atoms with van der Waals surface area (Å²) in [6, 6.07) is 5.99. The summed E-state index contributed by atoms with van der Waals surface area (Å²) in [5, 5.41) is 14.0. The number of nitrogens with one attached hydrogen (secondary N) is 1. The van der Waals surface area contributed by atoms with Crippen LogP contribution in [0.25, 0.3) is 5.65 Å². The number of rotatable bonds is 3. The highest BCUT2D eigenvalue weighted by molar-refractivity contribution is 5.49. The molecule has 2 aromatic rings. The van der Waals surface area contributed by atoms with Crippen LogP contribution >= 0.6 is 0 Å². The van der Waals surface area contributed by atoms with E-state index in [4.69, 9.17) is 0 Å². The first-order chi connectivity index (χ1) is 9.27. The molecule has 2 aromatic heterocycles. The van der Waals surface area contributed by atoms with Crippen molar-refractivity contribution < 1.29 is 5.11 Å². The third-order valence-corrected chi connectivity index (χ3v) is 4.06. The van der Waals surface area contributed by atoms with Gasteiger partial charge >= 0.3 is 0 Å². The van der Waals surface area contributed by atoms with Gasteiger partial charge in [-0.05, 0) is 25.0 Å². The molecule has 1 fully saturated rings. The average molecular weight is 259 g/mol. The maximum absolute atomic E-state index is 10.6. The van der Waals surface area contributed by atoms with Gasteiger partial charge in [0.2, 0.25) is 0 Å². The Morgan fingerprint density at radius 3 is 2.79 bits per heavy atom. The van der Waals surface area contributed by atoms with Crippen LogP contribution < -0.4 is 5.32 Å². The zero-order chi connectivity index (χ0) is 13.1. The van der Waals surface area contributed by atoms with Gasteiger partial charge in [0, 0.05) is 18.9 Å². The van der Waals surface area contributed by atoms with E-state index in [1.807, 2.05) is 28.8 Å². The molecule has 0 spiro atoms. The first-order valence-electron chi connectivity index (χ1n) is 7.15. The molecule has 0 unspecified atom stereocenters. The molecule has 0 radical (unpaired) electrons. The van der Waals surface area contributed by atoms with Crippen LogP contribution in [0.5, 0.6) is 0 Å². The number of imidazole rings is 1. The summed E-state index contributed by atoms with van der Waals surface area (Å²) < 4.78 is 2.01. The Kier molecular flexibility index (Phi) is 3.42. The lowest BCUT2D eigenvalue weighted by molar-refractivity contribution is 0.0380. The number of nitrogens with zero attached hydrogens (tertiary/aromatic N) is 2. The van der Waals surface area contributed by atoms with E-state index in [2.05, 4.69) is 10.3 Å². The first kappa shape index (κ1) is 12.5. The number of hydrogen-bond donors (Lipinski definition) is 2. The predicted molar refractivity (Wildman–Crippen MR) is 76.3 cm³/mol. The highest BCUT2D eigenvalue weighted by atomic mass is 16.3. The van der Waals surface area contributed by atoms with E-state index in [0.717, 1.165) is 37.1 Å². The van der Waals surface area contributed by atoms with Crippen molar-refractivity contribution in [1.29, 1.82) is 0 Å². The Balaban J connectivity index is 1.73. The van der Waals surface area contributed by atoms with E-state index in [1.165, 1.54) is 12.8 Å². The molecule has 102 valence electrons. The molecule has 0 saturated heterocycles. The minimum atomic E-state index is -0.556. The van der Waals surface area contributed by atoms with E-state index >= 15 is 0 Å². The highest BCUT2D eigenvalue weighted by Crippen LogP contribution is 2.27. The first-order valence-corrected chi connectivity index (χ1v) is 7.15. The van der Waals surface area contributed by atoms with Crippen molar-refractivity contribution in [3.8, 4) is 0 Å². The lowest BCUT2D eigenvalue weighted by Crippen LogP contribution is -2.36. The van der Waals surface area contributed by atoms with Crippen LogP contribution in [0.2, 0.25) is 0 Å². The molecule has 19 heavy (non-hydrogen) atoms. The fourth-order valence-electron chi connectivity index (χ4n) is 2.91. The molecule has 0 atom stereocenters. The number of pyridine rings is 1. The Hall–Kier alpha value is -1.55. The molecule has 4 nitrogen and oxygen atoms in total. The Morgan fingerprint density at radius 1 is 1.21 bits per heavy atom. The van der Waals surface area contributed by atoms with Crippen LogP contribution in [-0.4, -0.2) is 26.6 Å². The molecule has 0 bridgehead atoms. The van der Waals surface area contributed by atoms with Crippen LogP contribution in [0.15, 0.2) is 30.6 Å². The Bertz CT molecular complexity index is 541. The summed E-state index contributed by atoms with van der Waals surface area (Å²) in [5.41, 5.74) is 0.372. The molecule has 2 N–H and O–H groups in total. The largest absolute Gasteiger partial charge is 0.388 e. The number of aliphatic hydroxyl groups is 1. The molecule has 1 aliphatic carbocycles. The second-order valence-electron chi connectivity index (χ2n) is 5.56. The third kappa shape index (κ3) is 2.73. The van der Waals surface area contributed by atoms with Crippen molar-refractivity contribution >= 4 is 11.5 Å². The Morgan fingerprint density at radius 2 is 2.00 bits per heavy atom. The highest BCUT2D eigenvalue weighted by Gasteiger charge is 2.27. The van der Waals surface area contributed by atoms with Gasteiger partial charge in [-0.3, -0.25) is 4.40 Å². The van der Waals surface area contributed by atoms with Crippen molar-refractivity contribution in [1.82, 2.24) is 9.38 Å². The van der Waals surface area contributed by atoms with Crippen LogP contribution in [0.1, 0.15) is 38.5 Å². The minimum Gasteiger partial charge on any atom is -0.388 e. The standard InChI is InChI=1S/C15H21N3O/c19-15(8-3-1-2-4-9-15)12-17-14-7-5-6-13-16-10-11-18(13)14/h5-7,10-11,17,19H,1-4,8-9,12H2. The van der Waals surface area contributed by atoms with E-state index in [9.17, 15) is 5.11 Å². The molecule has 1 aliphatic rings. The van der Waals surface area contributed by atoms with Crippen LogP contribution in [-0.2, 0) is 0 Å². The van der Waals surface area contributed by atoms with Gasteiger partial charge in [-0.2, -0.15) is 0 Å². The normalized spacial score (nSPS) is 19.2. The minimum absolute atomic E-state index is 0.556. The quantitative estimate of drug-likeness (QED) is 0.833. The van der Waals surface area contributed by atoms with E-state index in [0.29, 0.717) is 6.54 Å². The number of fused-ring (bicyclic) bond motifs is 1. The van der Waals surface area contributed by atoms with E-state index in [1.54, 1.807) is 6.20 Å².